The lowest BCUT2D eigenvalue weighted by molar-refractivity contribution is 0.0684. The zero-order valence-corrected chi connectivity index (χ0v) is 31.2. The summed E-state index contributed by atoms with van der Waals surface area (Å²) in [6.07, 6.45) is 1.55. The van der Waals surface area contributed by atoms with Gasteiger partial charge in [-0.15, -0.1) is 0 Å². The minimum atomic E-state index is -2.85. The predicted octanol–water partition coefficient (Wildman–Crippen LogP) is 1.67. The number of aliphatic hydroxyl groups is 1. The highest BCUT2D eigenvalue weighted by molar-refractivity contribution is 6.74. The van der Waals surface area contributed by atoms with Gasteiger partial charge in [0, 0.05) is 94.3 Å². The Hall–Kier alpha value is 0.308. The second kappa shape index (κ2) is 29.4. The third kappa shape index (κ3) is 23.8. The van der Waals surface area contributed by atoms with Crippen LogP contribution in [-0.2, 0) is 43.9 Å². The Bertz CT molecular complexity index is 506. The lowest BCUT2D eigenvalue weighted by Crippen LogP contribution is -2.56. The molecule has 0 bridgehead atoms. The molecule has 0 aliphatic heterocycles. The van der Waals surface area contributed by atoms with Crippen molar-refractivity contribution in [1.82, 2.24) is 0 Å². The van der Waals surface area contributed by atoms with E-state index < -0.39 is 35.2 Å². The summed E-state index contributed by atoms with van der Waals surface area (Å²) < 4.78 is 53.5. The molecule has 6 N–H and O–H groups in total. The van der Waals surface area contributed by atoms with E-state index in [4.69, 9.17) is 60.5 Å². The average Bonchev–Trinajstić information content (AvgIpc) is 2.97. The quantitative estimate of drug-likeness (QED) is 0.131. The van der Waals surface area contributed by atoms with E-state index in [0.29, 0.717) is 51.6 Å². The van der Waals surface area contributed by atoms with Crippen LogP contribution in [0, 0.1) is 0 Å². The van der Waals surface area contributed by atoms with Crippen molar-refractivity contribution in [1.29, 1.82) is 0 Å². The van der Waals surface area contributed by atoms with E-state index in [1.54, 1.807) is 35.5 Å². The molecule has 14 nitrogen and oxygen atoms in total. The second-order valence-corrected chi connectivity index (χ2v) is 19.0. The van der Waals surface area contributed by atoms with E-state index in [1.807, 2.05) is 40.8 Å². The first-order valence-electron chi connectivity index (χ1n) is 13.5. The van der Waals surface area contributed by atoms with Crippen LogP contribution in [0.2, 0.25) is 25.2 Å². The Morgan fingerprint density at radius 2 is 0.875 bits per heavy atom. The van der Waals surface area contributed by atoms with E-state index in [-0.39, 0.29) is 0 Å². The predicted molar refractivity (Wildman–Crippen MR) is 165 cm³/mol. The molecule has 0 radical (unpaired) electrons. The highest BCUT2D eigenvalue weighted by Crippen LogP contribution is 2.23. The summed E-state index contributed by atoms with van der Waals surface area (Å²) in [5.74, 6) is 0. The molecule has 18 heteroatoms. The third-order valence-corrected chi connectivity index (χ3v) is 16.4. The second-order valence-electron chi connectivity index (χ2n) is 7.76. The molecule has 0 aliphatic rings. The summed E-state index contributed by atoms with van der Waals surface area (Å²) in [6, 6.07) is 1.24. The molecule has 0 atom stereocenters. The molecule has 0 aromatic heterocycles. The van der Waals surface area contributed by atoms with Crippen molar-refractivity contribution in [3.63, 3.8) is 0 Å². The SMILES string of the molecule is CCO[Si](CCCN)(OCC)O[Si](C)(OC)OC.CCO[Si](O)(CCCN)OCC.CO.CO[Si](C)(OC)OC. The first kappa shape index (κ1) is 47.2. The molecule has 0 unspecified atom stereocenters. The van der Waals surface area contributed by atoms with Gasteiger partial charge in [0.15, 0.2) is 0 Å². The topological polar surface area (TPSA) is 185 Å². The van der Waals surface area contributed by atoms with E-state index in [2.05, 4.69) is 0 Å². The van der Waals surface area contributed by atoms with Gasteiger partial charge in [-0.05, 0) is 53.6 Å². The zero-order chi connectivity index (χ0) is 32.1. The summed E-state index contributed by atoms with van der Waals surface area (Å²) in [5, 5.41) is 7.00. The third-order valence-electron chi connectivity index (χ3n) is 5.05. The average molecular weight is 659 g/mol. The molecule has 0 aliphatic carbocycles. The first-order valence-corrected chi connectivity index (χ1v) is 21.8. The minimum absolute atomic E-state index is 0.493. The molecule has 0 aromatic rings. The van der Waals surface area contributed by atoms with Gasteiger partial charge in [0.2, 0.25) is 0 Å². The van der Waals surface area contributed by atoms with Crippen molar-refractivity contribution >= 4 is 35.2 Å². The van der Waals surface area contributed by atoms with Gasteiger partial charge in [-0.2, -0.15) is 0 Å². The number of hydrogen-bond donors (Lipinski definition) is 4. The van der Waals surface area contributed by atoms with E-state index in [9.17, 15) is 4.80 Å². The number of hydrogen-bond acceptors (Lipinski definition) is 14. The molecule has 0 saturated heterocycles. The number of aliphatic hydroxyl groups excluding tert-OH is 1. The van der Waals surface area contributed by atoms with Gasteiger partial charge in [-0.25, -0.2) is 0 Å². The Morgan fingerprint density at radius 1 is 0.550 bits per heavy atom. The zero-order valence-electron chi connectivity index (χ0n) is 27.2. The Balaban J connectivity index is -0.000000254. The number of rotatable bonds is 21. The Labute approximate surface area is 248 Å². The van der Waals surface area contributed by atoms with Crippen LogP contribution in [0.3, 0.4) is 0 Å². The van der Waals surface area contributed by atoms with Gasteiger partial charge in [0.05, 0.1) is 0 Å². The Kier molecular flexibility index (Phi) is 34.7. The van der Waals surface area contributed by atoms with Crippen LogP contribution in [0.4, 0.5) is 0 Å². The molecule has 0 spiro atoms. The molecular formula is C22H62N2O12Si4. The highest BCUT2D eigenvalue weighted by Gasteiger charge is 2.49. The van der Waals surface area contributed by atoms with Gasteiger partial charge in [-0.1, -0.05) is 0 Å². The normalized spacial score (nSPS) is 12.0. The van der Waals surface area contributed by atoms with Crippen molar-refractivity contribution in [2.24, 2.45) is 11.5 Å². The molecule has 40 heavy (non-hydrogen) atoms. The minimum Gasteiger partial charge on any atom is -0.400 e. The summed E-state index contributed by atoms with van der Waals surface area (Å²) in [4.78, 5) is 9.78. The molecule has 0 amide bonds. The van der Waals surface area contributed by atoms with Crippen molar-refractivity contribution in [3.8, 4) is 0 Å². The maximum absolute atomic E-state index is 9.78. The summed E-state index contributed by atoms with van der Waals surface area (Å²) in [5.41, 5.74) is 10.9. The molecule has 0 fully saturated rings. The monoisotopic (exact) mass is 658 g/mol. The largest absolute Gasteiger partial charge is 0.498 e. The van der Waals surface area contributed by atoms with E-state index in [1.165, 1.54) is 0 Å². The summed E-state index contributed by atoms with van der Waals surface area (Å²) in [7, 11) is -1.56. The smallest absolute Gasteiger partial charge is 0.400 e. The lowest BCUT2D eigenvalue weighted by atomic mass is 10.5. The fourth-order valence-corrected chi connectivity index (χ4v) is 11.0. The fourth-order valence-electron chi connectivity index (χ4n) is 2.72. The van der Waals surface area contributed by atoms with Crippen LogP contribution in [0.1, 0.15) is 40.5 Å². The number of nitrogens with two attached hydrogens (primary N) is 2. The van der Waals surface area contributed by atoms with Crippen LogP contribution < -0.4 is 11.5 Å². The molecular weight excluding hydrogens is 597 g/mol. The van der Waals surface area contributed by atoms with Crippen LogP contribution >= 0.6 is 0 Å². The van der Waals surface area contributed by atoms with Gasteiger partial charge in [0.25, 0.3) is 0 Å². The molecule has 0 saturated carbocycles. The van der Waals surface area contributed by atoms with Crippen LogP contribution in [-0.4, -0.2) is 127 Å². The molecule has 0 rings (SSSR count). The van der Waals surface area contributed by atoms with Crippen molar-refractivity contribution in [3.05, 3.63) is 0 Å². The highest BCUT2D eigenvalue weighted by atomic mass is 28.5. The van der Waals surface area contributed by atoms with Crippen molar-refractivity contribution in [2.45, 2.75) is 65.7 Å². The fraction of sp³-hybridized carbons (Fsp3) is 1.00. The summed E-state index contributed by atoms with van der Waals surface area (Å²) in [6.45, 7) is 14.4. The Morgan fingerprint density at radius 3 is 1.12 bits per heavy atom. The van der Waals surface area contributed by atoms with E-state index in [0.717, 1.165) is 20.0 Å². The maximum Gasteiger partial charge on any atom is 0.498 e. The van der Waals surface area contributed by atoms with Gasteiger partial charge in [0.1, 0.15) is 0 Å². The van der Waals surface area contributed by atoms with Gasteiger partial charge >= 0.3 is 35.2 Å². The first-order chi connectivity index (χ1) is 18.9. The van der Waals surface area contributed by atoms with Crippen LogP contribution in [0.15, 0.2) is 0 Å². The summed E-state index contributed by atoms with van der Waals surface area (Å²) >= 11 is 0. The van der Waals surface area contributed by atoms with E-state index >= 15 is 0 Å². The van der Waals surface area contributed by atoms with Gasteiger partial charge < -0.3 is 65.3 Å². The van der Waals surface area contributed by atoms with Crippen molar-refractivity contribution in [2.75, 3.05) is 82.2 Å². The standard InChI is InChI=1S/C10H27NO5Si2.C7H19NO3Si.C4H12O3Si.CH4O/c1-6-14-18(15-7-2,10-8-9-11)16-17(5,12-3)13-4;1-3-10-12(9,11-4-2)7-5-6-8;1-5-8(4,6-2)7-3;1-2/h6-11H2,1-5H3;9H,3-8H2,1-2H3;1-4H3;2H,1H3. The van der Waals surface area contributed by atoms with Gasteiger partial charge in [-0.3, -0.25) is 0 Å². The van der Waals surface area contributed by atoms with Crippen molar-refractivity contribution < 1.29 is 53.9 Å². The molecule has 248 valence electrons. The molecule has 0 heterocycles. The maximum atomic E-state index is 9.78. The van der Waals surface area contributed by atoms with Crippen LogP contribution in [0.25, 0.3) is 0 Å². The lowest BCUT2D eigenvalue weighted by Gasteiger charge is -2.35. The molecule has 0 aromatic carbocycles. The van der Waals surface area contributed by atoms with Crippen LogP contribution in [0.5, 0.6) is 0 Å².